The van der Waals surface area contributed by atoms with Gasteiger partial charge >= 0.3 is 6.09 Å². The molecular weight excluding hydrogens is 132 g/mol. The summed E-state index contributed by atoms with van der Waals surface area (Å²) in [7, 11) is 0. The summed E-state index contributed by atoms with van der Waals surface area (Å²) in [5, 5.41) is 16.6. The van der Waals surface area contributed by atoms with Gasteiger partial charge in [-0.2, -0.15) is 5.26 Å². The van der Waals surface area contributed by atoms with E-state index in [-0.39, 0.29) is 0 Å². The average Bonchev–Trinajstić information content (AvgIpc) is 1.78. The molecule has 0 aromatic carbocycles. The molecule has 1 heterocycles. The normalized spacial score (nSPS) is 19.9. The fraction of sp³-hybridized carbons (Fsp3) is 0.333. The fourth-order valence-corrected chi connectivity index (χ4v) is 0.796. The van der Waals surface area contributed by atoms with Crippen LogP contribution in [-0.4, -0.2) is 22.6 Å². The van der Waals surface area contributed by atoms with Crippen LogP contribution in [-0.2, 0) is 0 Å². The molecule has 1 aliphatic rings. The zero-order chi connectivity index (χ0) is 7.56. The second kappa shape index (κ2) is 2.40. The van der Waals surface area contributed by atoms with Crippen LogP contribution in [0.25, 0.3) is 0 Å². The van der Waals surface area contributed by atoms with Gasteiger partial charge in [-0.3, -0.25) is 4.90 Å². The van der Waals surface area contributed by atoms with Crippen LogP contribution in [0, 0.1) is 11.3 Å². The molecule has 1 rings (SSSR count). The molecule has 1 fully saturated rings. The SMILES string of the molecule is N#CC=C1CCN1C(=O)O. The van der Waals surface area contributed by atoms with Crippen molar-refractivity contribution in [1.29, 1.82) is 5.26 Å². The molecule has 0 aromatic heterocycles. The van der Waals surface area contributed by atoms with E-state index in [1.807, 2.05) is 0 Å². The van der Waals surface area contributed by atoms with Crippen LogP contribution >= 0.6 is 0 Å². The molecule has 52 valence electrons. The Bertz CT molecular complexity index is 226. The number of likely N-dealkylation sites (tertiary alicyclic amines) is 1. The highest BCUT2D eigenvalue weighted by atomic mass is 16.4. The quantitative estimate of drug-likeness (QED) is 0.503. The number of allylic oxidation sites excluding steroid dienone is 1. The maximum Gasteiger partial charge on any atom is 0.411 e. The summed E-state index contributed by atoms with van der Waals surface area (Å²) < 4.78 is 0. The molecule has 0 saturated carbocycles. The summed E-state index contributed by atoms with van der Waals surface area (Å²) in [4.78, 5) is 11.4. The first kappa shape index (κ1) is 6.62. The fourth-order valence-electron chi connectivity index (χ4n) is 0.796. The highest BCUT2D eigenvalue weighted by molar-refractivity contribution is 5.69. The van der Waals surface area contributed by atoms with E-state index in [0.29, 0.717) is 18.7 Å². The summed E-state index contributed by atoms with van der Waals surface area (Å²) in [5.74, 6) is 0. The lowest BCUT2D eigenvalue weighted by Gasteiger charge is -2.30. The van der Waals surface area contributed by atoms with Crippen LogP contribution in [0.4, 0.5) is 4.79 Å². The highest BCUT2D eigenvalue weighted by Crippen LogP contribution is 2.20. The first-order chi connectivity index (χ1) is 4.75. The van der Waals surface area contributed by atoms with Gasteiger partial charge in [-0.1, -0.05) is 0 Å². The van der Waals surface area contributed by atoms with Crippen molar-refractivity contribution in [2.24, 2.45) is 0 Å². The lowest BCUT2D eigenvalue weighted by atomic mass is 10.1. The van der Waals surface area contributed by atoms with Crippen LogP contribution in [0.5, 0.6) is 0 Å². The number of nitrogens with zero attached hydrogens (tertiary/aromatic N) is 2. The number of carboxylic acid groups (broad SMARTS) is 1. The van der Waals surface area contributed by atoms with E-state index < -0.39 is 6.09 Å². The Balaban J connectivity index is 2.62. The minimum absolute atomic E-state index is 0.517. The standard InChI is InChI=1S/C6H6N2O2/c7-3-1-5-2-4-8(5)6(9)10/h1H,2,4H2,(H,9,10). The molecule has 1 aliphatic heterocycles. The molecule has 0 unspecified atom stereocenters. The second-order valence-corrected chi connectivity index (χ2v) is 1.95. The molecule has 4 nitrogen and oxygen atoms in total. The summed E-state index contributed by atoms with van der Waals surface area (Å²) in [6.07, 6.45) is 0.977. The van der Waals surface area contributed by atoms with Crippen molar-refractivity contribution in [3.8, 4) is 6.07 Å². The Morgan fingerprint density at radius 3 is 2.90 bits per heavy atom. The predicted octanol–water partition coefficient (Wildman–Crippen LogP) is 0.778. The molecule has 0 atom stereocenters. The lowest BCUT2D eigenvalue weighted by molar-refractivity contribution is 0.141. The molecular formula is C6H6N2O2. The lowest BCUT2D eigenvalue weighted by Crippen LogP contribution is -2.38. The molecule has 1 amide bonds. The molecule has 0 aromatic rings. The largest absolute Gasteiger partial charge is 0.465 e. The number of hydrogen-bond acceptors (Lipinski definition) is 2. The van der Waals surface area contributed by atoms with E-state index >= 15 is 0 Å². The second-order valence-electron chi connectivity index (χ2n) is 1.95. The molecule has 4 heteroatoms. The van der Waals surface area contributed by atoms with E-state index in [1.165, 1.54) is 6.08 Å². The number of nitriles is 1. The van der Waals surface area contributed by atoms with Crippen molar-refractivity contribution in [2.75, 3.05) is 6.54 Å². The van der Waals surface area contributed by atoms with Gasteiger partial charge in [0, 0.05) is 24.7 Å². The van der Waals surface area contributed by atoms with Gasteiger partial charge in [0.15, 0.2) is 0 Å². The molecule has 0 aliphatic carbocycles. The minimum Gasteiger partial charge on any atom is -0.465 e. The van der Waals surface area contributed by atoms with Crippen LogP contribution in [0.15, 0.2) is 11.8 Å². The maximum atomic E-state index is 10.2. The Labute approximate surface area is 58.0 Å². The zero-order valence-corrected chi connectivity index (χ0v) is 5.24. The topological polar surface area (TPSA) is 64.3 Å². The van der Waals surface area contributed by atoms with Crippen LogP contribution < -0.4 is 0 Å². The first-order valence-electron chi connectivity index (χ1n) is 2.85. The Morgan fingerprint density at radius 1 is 1.90 bits per heavy atom. The van der Waals surface area contributed by atoms with E-state index in [2.05, 4.69) is 0 Å². The van der Waals surface area contributed by atoms with Crippen LogP contribution in [0.2, 0.25) is 0 Å². The smallest absolute Gasteiger partial charge is 0.411 e. The van der Waals surface area contributed by atoms with Gasteiger partial charge in [0.2, 0.25) is 0 Å². The Morgan fingerprint density at radius 2 is 2.60 bits per heavy atom. The third kappa shape index (κ3) is 0.935. The van der Waals surface area contributed by atoms with Crippen molar-refractivity contribution in [3.63, 3.8) is 0 Å². The number of rotatable bonds is 0. The molecule has 1 saturated heterocycles. The number of carbonyl (C=O) groups is 1. The van der Waals surface area contributed by atoms with Gasteiger partial charge in [-0.05, 0) is 0 Å². The summed E-state index contributed by atoms with van der Waals surface area (Å²) >= 11 is 0. The summed E-state index contributed by atoms with van der Waals surface area (Å²) in [5.41, 5.74) is 0.593. The third-order valence-corrected chi connectivity index (χ3v) is 1.40. The first-order valence-corrected chi connectivity index (χ1v) is 2.85. The Kier molecular flexibility index (Phi) is 1.59. The van der Waals surface area contributed by atoms with Gasteiger partial charge < -0.3 is 5.11 Å². The third-order valence-electron chi connectivity index (χ3n) is 1.40. The van der Waals surface area contributed by atoms with Crippen molar-refractivity contribution in [3.05, 3.63) is 11.8 Å². The maximum absolute atomic E-state index is 10.2. The van der Waals surface area contributed by atoms with Gasteiger partial charge in [0.1, 0.15) is 0 Å². The highest BCUT2D eigenvalue weighted by Gasteiger charge is 2.25. The van der Waals surface area contributed by atoms with Gasteiger partial charge in [0.05, 0.1) is 6.07 Å². The van der Waals surface area contributed by atoms with E-state index in [0.717, 1.165) is 4.90 Å². The van der Waals surface area contributed by atoms with Gasteiger partial charge in [-0.25, -0.2) is 4.79 Å². The van der Waals surface area contributed by atoms with Gasteiger partial charge in [-0.15, -0.1) is 0 Å². The minimum atomic E-state index is -0.979. The van der Waals surface area contributed by atoms with E-state index in [4.69, 9.17) is 10.4 Å². The molecule has 10 heavy (non-hydrogen) atoms. The number of amides is 1. The monoisotopic (exact) mass is 138 g/mol. The van der Waals surface area contributed by atoms with Crippen LogP contribution in [0.3, 0.4) is 0 Å². The van der Waals surface area contributed by atoms with E-state index in [1.54, 1.807) is 6.07 Å². The van der Waals surface area contributed by atoms with Gasteiger partial charge in [0.25, 0.3) is 0 Å². The Hall–Kier alpha value is -1.50. The summed E-state index contributed by atoms with van der Waals surface area (Å²) in [6, 6.07) is 1.79. The van der Waals surface area contributed by atoms with E-state index in [9.17, 15) is 4.79 Å². The zero-order valence-electron chi connectivity index (χ0n) is 5.24. The number of hydrogen-bond donors (Lipinski definition) is 1. The van der Waals surface area contributed by atoms with Crippen molar-refractivity contribution < 1.29 is 9.90 Å². The molecule has 0 bridgehead atoms. The predicted molar refractivity (Wildman–Crippen MR) is 33.0 cm³/mol. The average molecular weight is 138 g/mol. The molecule has 0 spiro atoms. The summed E-state index contributed by atoms with van der Waals surface area (Å²) in [6.45, 7) is 0.517. The van der Waals surface area contributed by atoms with Crippen molar-refractivity contribution in [2.45, 2.75) is 6.42 Å². The molecule has 0 radical (unpaired) electrons. The van der Waals surface area contributed by atoms with Crippen LogP contribution in [0.1, 0.15) is 6.42 Å². The van der Waals surface area contributed by atoms with Crippen molar-refractivity contribution >= 4 is 6.09 Å². The van der Waals surface area contributed by atoms with Crippen molar-refractivity contribution in [1.82, 2.24) is 4.90 Å². The molecule has 1 N–H and O–H groups in total.